The molecule has 3 rings (SSSR count). The molecule has 1 aliphatic heterocycles. The van der Waals surface area contributed by atoms with Crippen LogP contribution in [0.3, 0.4) is 0 Å². The third kappa shape index (κ3) is 3.33. The van der Waals surface area contributed by atoms with E-state index in [0.29, 0.717) is 23.1 Å². The Labute approximate surface area is 142 Å². The van der Waals surface area contributed by atoms with Crippen LogP contribution in [-0.2, 0) is 17.6 Å². The Morgan fingerprint density at radius 2 is 2.25 bits per heavy atom. The molecule has 0 bridgehead atoms. The maximum absolute atomic E-state index is 12.0. The molecule has 0 fully saturated rings. The summed E-state index contributed by atoms with van der Waals surface area (Å²) in [4.78, 5) is 29.6. The van der Waals surface area contributed by atoms with E-state index in [9.17, 15) is 9.59 Å². The molecule has 0 unspecified atom stereocenters. The molecule has 0 radical (unpaired) electrons. The molecule has 1 aromatic heterocycles. The SMILES string of the molecule is Cc1nc(/C=C/c2cc(Cl)cc3c2OCC3)[nH]c(=O)c1CC(=O)O. The van der Waals surface area contributed by atoms with Crippen molar-refractivity contribution < 1.29 is 14.6 Å². The topological polar surface area (TPSA) is 92.3 Å². The predicted molar refractivity (Wildman–Crippen MR) is 90.5 cm³/mol. The Kier molecular flexibility index (Phi) is 4.40. The molecule has 7 heteroatoms. The number of aliphatic carboxylic acids is 1. The van der Waals surface area contributed by atoms with Crippen LogP contribution in [0, 0.1) is 6.92 Å². The van der Waals surface area contributed by atoms with Gasteiger partial charge in [-0.3, -0.25) is 9.59 Å². The van der Waals surface area contributed by atoms with Gasteiger partial charge < -0.3 is 14.8 Å². The molecular weight excluding hydrogens is 332 g/mol. The average Bonchev–Trinajstić information content (AvgIpc) is 2.96. The van der Waals surface area contributed by atoms with Crippen molar-refractivity contribution in [2.75, 3.05) is 6.61 Å². The number of aryl methyl sites for hydroxylation is 1. The highest BCUT2D eigenvalue weighted by atomic mass is 35.5. The third-order valence-electron chi connectivity index (χ3n) is 3.77. The number of ether oxygens (including phenoxy) is 1. The predicted octanol–water partition coefficient (Wildman–Crippen LogP) is 2.46. The standard InChI is InChI=1S/C17H15ClN2O4/c1-9-13(8-15(21)22)17(23)20-14(19-9)3-2-10-6-12(18)7-11-4-5-24-16(10)11/h2-3,6-7H,4-5,8H2,1H3,(H,21,22)(H,19,20,23)/b3-2+. The number of carboxylic acid groups (broad SMARTS) is 1. The maximum Gasteiger partial charge on any atom is 0.308 e. The Morgan fingerprint density at radius 3 is 2.96 bits per heavy atom. The number of aromatic amines is 1. The summed E-state index contributed by atoms with van der Waals surface area (Å²) >= 11 is 6.11. The van der Waals surface area contributed by atoms with E-state index >= 15 is 0 Å². The second-order valence-corrected chi connectivity index (χ2v) is 5.94. The first-order chi connectivity index (χ1) is 11.4. The van der Waals surface area contributed by atoms with Crippen molar-refractivity contribution in [3.8, 4) is 5.75 Å². The summed E-state index contributed by atoms with van der Waals surface area (Å²) in [5.41, 5.74) is 1.97. The normalized spacial score (nSPS) is 13.1. The number of halogens is 1. The third-order valence-corrected chi connectivity index (χ3v) is 3.98. The number of hydrogen-bond donors (Lipinski definition) is 2. The highest BCUT2D eigenvalue weighted by molar-refractivity contribution is 6.30. The van der Waals surface area contributed by atoms with Gasteiger partial charge in [0.1, 0.15) is 11.6 Å². The van der Waals surface area contributed by atoms with Crippen molar-refractivity contribution in [1.82, 2.24) is 9.97 Å². The van der Waals surface area contributed by atoms with Gasteiger partial charge in [-0.1, -0.05) is 11.6 Å². The number of benzene rings is 1. The van der Waals surface area contributed by atoms with Crippen LogP contribution in [0.1, 0.15) is 28.2 Å². The molecule has 2 heterocycles. The fraction of sp³-hybridized carbons (Fsp3) is 0.235. The van der Waals surface area contributed by atoms with E-state index in [1.807, 2.05) is 6.07 Å². The van der Waals surface area contributed by atoms with Gasteiger partial charge in [0, 0.05) is 28.3 Å². The van der Waals surface area contributed by atoms with Gasteiger partial charge in [-0.2, -0.15) is 0 Å². The molecule has 1 aromatic carbocycles. The lowest BCUT2D eigenvalue weighted by atomic mass is 10.1. The quantitative estimate of drug-likeness (QED) is 0.887. The molecule has 0 amide bonds. The summed E-state index contributed by atoms with van der Waals surface area (Å²) in [5, 5.41) is 9.45. The second kappa shape index (κ2) is 6.49. The monoisotopic (exact) mass is 346 g/mol. The fourth-order valence-corrected chi connectivity index (χ4v) is 2.91. The number of H-pyrrole nitrogens is 1. The summed E-state index contributed by atoms with van der Waals surface area (Å²) < 4.78 is 5.62. The van der Waals surface area contributed by atoms with Crippen LogP contribution in [0.15, 0.2) is 16.9 Å². The lowest BCUT2D eigenvalue weighted by molar-refractivity contribution is -0.136. The van der Waals surface area contributed by atoms with Crippen molar-refractivity contribution in [3.05, 3.63) is 55.7 Å². The van der Waals surface area contributed by atoms with Crippen molar-refractivity contribution in [2.45, 2.75) is 19.8 Å². The van der Waals surface area contributed by atoms with E-state index in [0.717, 1.165) is 23.3 Å². The average molecular weight is 347 g/mol. The lowest BCUT2D eigenvalue weighted by Gasteiger charge is -2.05. The first-order valence-corrected chi connectivity index (χ1v) is 7.76. The van der Waals surface area contributed by atoms with Crippen molar-refractivity contribution in [3.63, 3.8) is 0 Å². The molecule has 0 saturated carbocycles. The first kappa shape index (κ1) is 16.3. The first-order valence-electron chi connectivity index (χ1n) is 7.39. The van der Waals surface area contributed by atoms with Gasteiger partial charge >= 0.3 is 5.97 Å². The molecule has 0 atom stereocenters. The summed E-state index contributed by atoms with van der Waals surface area (Å²) in [6, 6.07) is 3.66. The molecular formula is C17H15ClN2O4. The van der Waals surface area contributed by atoms with Crippen LogP contribution in [0.4, 0.5) is 0 Å². The minimum absolute atomic E-state index is 0.159. The number of nitrogens with one attached hydrogen (secondary N) is 1. The molecule has 2 aromatic rings. The van der Waals surface area contributed by atoms with Crippen LogP contribution >= 0.6 is 11.6 Å². The number of nitrogens with zero attached hydrogens (tertiary/aromatic N) is 1. The van der Waals surface area contributed by atoms with Crippen LogP contribution in [0.5, 0.6) is 5.75 Å². The number of hydrogen-bond acceptors (Lipinski definition) is 4. The number of carbonyl (C=O) groups is 1. The second-order valence-electron chi connectivity index (χ2n) is 5.50. The van der Waals surface area contributed by atoms with E-state index in [2.05, 4.69) is 9.97 Å². The number of rotatable bonds is 4. The van der Waals surface area contributed by atoms with Gasteiger partial charge in [-0.15, -0.1) is 0 Å². The Hall–Kier alpha value is -2.60. The summed E-state index contributed by atoms with van der Waals surface area (Å²) in [6.45, 7) is 2.24. The molecule has 24 heavy (non-hydrogen) atoms. The highest BCUT2D eigenvalue weighted by Crippen LogP contribution is 2.33. The van der Waals surface area contributed by atoms with Crippen LogP contribution in [0.25, 0.3) is 12.2 Å². The van der Waals surface area contributed by atoms with E-state index in [-0.39, 0.29) is 12.0 Å². The zero-order chi connectivity index (χ0) is 17.3. The van der Waals surface area contributed by atoms with Gasteiger partial charge in [0.05, 0.1) is 13.0 Å². The molecule has 2 N–H and O–H groups in total. The largest absolute Gasteiger partial charge is 0.492 e. The van der Waals surface area contributed by atoms with Crippen molar-refractivity contribution >= 4 is 29.7 Å². The number of aromatic nitrogens is 2. The van der Waals surface area contributed by atoms with E-state index < -0.39 is 11.5 Å². The number of fused-ring (bicyclic) bond motifs is 1. The van der Waals surface area contributed by atoms with Gasteiger partial charge in [0.2, 0.25) is 0 Å². The molecule has 124 valence electrons. The Balaban J connectivity index is 1.94. The maximum atomic E-state index is 12.0. The van der Waals surface area contributed by atoms with Gasteiger partial charge in [0.15, 0.2) is 0 Å². The fourth-order valence-electron chi connectivity index (χ4n) is 2.66. The summed E-state index contributed by atoms with van der Waals surface area (Å²) in [7, 11) is 0. The minimum Gasteiger partial charge on any atom is -0.492 e. The van der Waals surface area contributed by atoms with Gasteiger partial charge in [-0.25, -0.2) is 4.98 Å². The molecule has 0 saturated heterocycles. The molecule has 0 spiro atoms. The van der Waals surface area contributed by atoms with Gasteiger partial charge in [0.25, 0.3) is 5.56 Å². The molecule has 0 aliphatic carbocycles. The zero-order valence-corrected chi connectivity index (χ0v) is 13.7. The summed E-state index contributed by atoms with van der Waals surface area (Å²) in [6.07, 6.45) is 3.87. The van der Waals surface area contributed by atoms with Crippen LogP contribution in [0.2, 0.25) is 5.02 Å². The smallest absolute Gasteiger partial charge is 0.308 e. The number of carboxylic acids is 1. The lowest BCUT2D eigenvalue weighted by Crippen LogP contribution is -2.20. The molecule has 6 nitrogen and oxygen atoms in total. The van der Waals surface area contributed by atoms with Gasteiger partial charge in [-0.05, 0) is 36.8 Å². The van der Waals surface area contributed by atoms with E-state index in [1.54, 1.807) is 25.1 Å². The van der Waals surface area contributed by atoms with Crippen LogP contribution in [-0.4, -0.2) is 27.7 Å². The van der Waals surface area contributed by atoms with E-state index in [1.165, 1.54) is 0 Å². The Morgan fingerprint density at radius 1 is 1.46 bits per heavy atom. The minimum atomic E-state index is -1.07. The van der Waals surface area contributed by atoms with Crippen molar-refractivity contribution in [1.29, 1.82) is 0 Å². The van der Waals surface area contributed by atoms with Crippen LogP contribution < -0.4 is 10.3 Å². The zero-order valence-electron chi connectivity index (χ0n) is 12.9. The highest BCUT2D eigenvalue weighted by Gasteiger charge is 2.16. The molecule has 1 aliphatic rings. The Bertz CT molecular complexity index is 902. The summed E-state index contributed by atoms with van der Waals surface area (Å²) in [5.74, 6) is 0.0657. The van der Waals surface area contributed by atoms with Crippen molar-refractivity contribution in [2.24, 2.45) is 0 Å². The van der Waals surface area contributed by atoms with E-state index in [4.69, 9.17) is 21.4 Å².